The normalized spacial score (nSPS) is 13.0. The first-order chi connectivity index (χ1) is 13.5. The monoisotopic (exact) mass is 528 g/mol. The molecule has 3 N–H and O–H groups in total. The summed E-state index contributed by atoms with van der Waals surface area (Å²) in [7, 11) is 0. The summed E-state index contributed by atoms with van der Waals surface area (Å²) in [5, 5.41) is 2.49. The summed E-state index contributed by atoms with van der Waals surface area (Å²) >= 11 is 20.8. The average Bonchev–Trinajstić information content (AvgIpc) is 2.63. The van der Waals surface area contributed by atoms with E-state index in [1.165, 1.54) is 18.2 Å². The van der Waals surface area contributed by atoms with Crippen LogP contribution in [0, 0.1) is 0 Å². The molecular weight excluding hydrogens is 515 g/mol. The van der Waals surface area contributed by atoms with E-state index in [0.717, 1.165) is 18.2 Å². The van der Waals surface area contributed by atoms with Crippen LogP contribution in [0.4, 0.5) is 13.2 Å². The van der Waals surface area contributed by atoms with E-state index in [0.29, 0.717) is 28.7 Å². The number of carbonyl (C=O) groups excluding carboxylic acids is 1. The predicted octanol–water partition coefficient (Wildman–Crippen LogP) is 6.46. The molecular formula is C19H15BrCl3F3N2O. The summed E-state index contributed by atoms with van der Waals surface area (Å²) in [4.78, 5) is 12.0. The number of amides is 1. The van der Waals surface area contributed by atoms with Crippen molar-refractivity contribution in [2.75, 3.05) is 13.1 Å². The van der Waals surface area contributed by atoms with Crippen molar-refractivity contribution in [2.45, 2.75) is 12.1 Å². The van der Waals surface area contributed by atoms with Crippen molar-refractivity contribution in [1.29, 1.82) is 0 Å². The molecule has 10 heteroatoms. The van der Waals surface area contributed by atoms with E-state index < -0.39 is 12.1 Å². The van der Waals surface area contributed by atoms with Crippen LogP contribution in [-0.4, -0.2) is 25.2 Å². The third-order valence-electron chi connectivity index (χ3n) is 3.87. The molecule has 0 saturated carbocycles. The van der Waals surface area contributed by atoms with Gasteiger partial charge in [-0.05, 0) is 51.3 Å². The molecule has 0 aromatic heterocycles. The highest BCUT2D eigenvalue weighted by atomic mass is 79.9. The van der Waals surface area contributed by atoms with Crippen molar-refractivity contribution in [2.24, 2.45) is 5.73 Å². The smallest absolute Gasteiger partial charge is 0.351 e. The molecule has 2 rings (SSSR count). The first kappa shape index (κ1) is 24.0. The summed E-state index contributed by atoms with van der Waals surface area (Å²) in [6, 6.07) is 6.86. The maximum absolute atomic E-state index is 13.6. The number of allylic oxidation sites excluding steroid dienone is 1. The lowest BCUT2D eigenvalue weighted by Gasteiger charge is -2.18. The standard InChI is InChI=1S/C19H15BrCl3F3N2O/c20-14-7-10(1-3-12(14)18(29)28-6-5-27)2-4-13(19(24,25)26)11-8-15(21)17(23)16(22)9-11/h1-4,7-9,13H,5-6,27H2,(H,28,29). The minimum absolute atomic E-state index is 0.00517. The molecule has 0 radical (unpaired) electrons. The van der Waals surface area contributed by atoms with Crippen molar-refractivity contribution < 1.29 is 18.0 Å². The van der Waals surface area contributed by atoms with Gasteiger partial charge in [0.25, 0.3) is 5.91 Å². The van der Waals surface area contributed by atoms with E-state index in [9.17, 15) is 18.0 Å². The van der Waals surface area contributed by atoms with Gasteiger partial charge in [0.2, 0.25) is 0 Å². The van der Waals surface area contributed by atoms with Crippen molar-refractivity contribution in [3.05, 3.63) is 72.6 Å². The first-order valence-corrected chi connectivity index (χ1v) is 10.1. The fraction of sp³-hybridized carbons (Fsp3) is 0.211. The van der Waals surface area contributed by atoms with Gasteiger partial charge in [-0.1, -0.05) is 53.0 Å². The number of nitrogens with one attached hydrogen (secondary N) is 1. The van der Waals surface area contributed by atoms with E-state index in [1.807, 2.05) is 0 Å². The van der Waals surface area contributed by atoms with Gasteiger partial charge in [-0.2, -0.15) is 13.2 Å². The Labute approximate surface area is 189 Å². The van der Waals surface area contributed by atoms with Crippen LogP contribution in [0.1, 0.15) is 27.4 Å². The highest BCUT2D eigenvalue weighted by Crippen LogP contribution is 2.41. The Morgan fingerprint density at radius 1 is 1.17 bits per heavy atom. The fourth-order valence-corrected chi connectivity index (χ4v) is 3.66. The molecule has 0 heterocycles. The number of benzene rings is 2. The first-order valence-electron chi connectivity index (χ1n) is 8.21. The summed E-state index contributed by atoms with van der Waals surface area (Å²) < 4.78 is 41.2. The Hall–Kier alpha value is -1.25. The number of hydrogen-bond acceptors (Lipinski definition) is 2. The number of rotatable bonds is 6. The minimum atomic E-state index is -4.57. The lowest BCUT2D eigenvalue weighted by Crippen LogP contribution is -2.29. The number of carbonyl (C=O) groups is 1. The Morgan fingerprint density at radius 3 is 2.31 bits per heavy atom. The molecule has 29 heavy (non-hydrogen) atoms. The zero-order valence-electron chi connectivity index (χ0n) is 14.7. The zero-order chi connectivity index (χ0) is 21.8. The van der Waals surface area contributed by atoms with E-state index in [2.05, 4.69) is 21.2 Å². The third kappa shape index (κ3) is 6.36. The Bertz CT molecular complexity index is 912. The summed E-state index contributed by atoms with van der Waals surface area (Å²) in [6.45, 7) is 0.605. The molecule has 156 valence electrons. The number of hydrogen-bond donors (Lipinski definition) is 2. The van der Waals surface area contributed by atoms with Gasteiger partial charge in [-0.15, -0.1) is 0 Å². The molecule has 2 aromatic carbocycles. The SMILES string of the molecule is NCCNC(=O)c1ccc(C=CC(c2cc(Cl)c(Cl)c(Cl)c2)C(F)(F)F)cc1Br. The van der Waals surface area contributed by atoms with E-state index in [4.69, 9.17) is 40.5 Å². The fourth-order valence-electron chi connectivity index (χ4n) is 2.47. The lowest BCUT2D eigenvalue weighted by atomic mass is 9.97. The minimum Gasteiger partial charge on any atom is -0.351 e. The maximum atomic E-state index is 13.6. The molecule has 0 aliphatic rings. The predicted molar refractivity (Wildman–Crippen MR) is 115 cm³/mol. The largest absolute Gasteiger partial charge is 0.399 e. The van der Waals surface area contributed by atoms with Crippen LogP contribution in [0.2, 0.25) is 15.1 Å². The van der Waals surface area contributed by atoms with Gasteiger partial charge in [-0.25, -0.2) is 0 Å². The van der Waals surface area contributed by atoms with Gasteiger partial charge in [0.05, 0.1) is 26.5 Å². The van der Waals surface area contributed by atoms with Crippen LogP contribution in [0.3, 0.4) is 0 Å². The van der Waals surface area contributed by atoms with Gasteiger partial charge in [0, 0.05) is 17.6 Å². The summed E-state index contributed by atoms with van der Waals surface area (Å²) in [5.41, 5.74) is 6.02. The van der Waals surface area contributed by atoms with Gasteiger partial charge in [-0.3, -0.25) is 4.79 Å². The van der Waals surface area contributed by atoms with Gasteiger partial charge >= 0.3 is 6.18 Å². The molecule has 1 unspecified atom stereocenters. The average molecular weight is 531 g/mol. The Balaban J connectivity index is 2.33. The van der Waals surface area contributed by atoms with E-state index in [-0.39, 0.29) is 26.5 Å². The highest BCUT2D eigenvalue weighted by Gasteiger charge is 2.39. The quantitative estimate of drug-likeness (QED) is 0.422. The van der Waals surface area contributed by atoms with Crippen LogP contribution in [-0.2, 0) is 0 Å². The molecule has 2 aromatic rings. The van der Waals surface area contributed by atoms with Crippen LogP contribution < -0.4 is 11.1 Å². The zero-order valence-corrected chi connectivity index (χ0v) is 18.5. The summed E-state index contributed by atoms with van der Waals surface area (Å²) in [5.74, 6) is -2.28. The van der Waals surface area contributed by atoms with Crippen molar-refractivity contribution in [3.8, 4) is 0 Å². The summed E-state index contributed by atoms with van der Waals surface area (Å²) in [6.07, 6.45) is -2.27. The number of halogens is 7. The number of alkyl halides is 3. The van der Waals surface area contributed by atoms with Gasteiger partial charge in [0.1, 0.15) is 0 Å². The molecule has 0 bridgehead atoms. The number of nitrogens with two attached hydrogens (primary N) is 1. The van der Waals surface area contributed by atoms with Crippen molar-refractivity contribution >= 4 is 62.7 Å². The molecule has 0 saturated heterocycles. The van der Waals surface area contributed by atoms with Crippen LogP contribution in [0.5, 0.6) is 0 Å². The van der Waals surface area contributed by atoms with E-state index >= 15 is 0 Å². The van der Waals surface area contributed by atoms with Gasteiger partial charge in [0.15, 0.2) is 0 Å². The molecule has 3 nitrogen and oxygen atoms in total. The Kier molecular flexibility index (Phi) is 8.43. The van der Waals surface area contributed by atoms with E-state index in [1.54, 1.807) is 6.07 Å². The molecule has 1 atom stereocenters. The van der Waals surface area contributed by atoms with Crippen molar-refractivity contribution in [1.82, 2.24) is 5.32 Å². The van der Waals surface area contributed by atoms with Crippen LogP contribution in [0.25, 0.3) is 6.08 Å². The maximum Gasteiger partial charge on any atom is 0.399 e. The second-order valence-electron chi connectivity index (χ2n) is 5.96. The topological polar surface area (TPSA) is 55.1 Å². The molecule has 0 aliphatic carbocycles. The third-order valence-corrected chi connectivity index (χ3v) is 5.72. The van der Waals surface area contributed by atoms with Crippen LogP contribution in [0.15, 0.2) is 40.9 Å². The molecule has 0 aliphatic heterocycles. The Morgan fingerprint density at radius 2 is 1.79 bits per heavy atom. The molecule has 0 spiro atoms. The second-order valence-corrected chi connectivity index (χ2v) is 8.01. The van der Waals surface area contributed by atoms with Gasteiger partial charge < -0.3 is 11.1 Å². The molecule has 0 fully saturated rings. The lowest BCUT2D eigenvalue weighted by molar-refractivity contribution is -0.139. The van der Waals surface area contributed by atoms with Crippen LogP contribution >= 0.6 is 50.7 Å². The second kappa shape index (κ2) is 10.2. The molecule has 1 amide bonds. The van der Waals surface area contributed by atoms with Crippen molar-refractivity contribution in [3.63, 3.8) is 0 Å². The highest BCUT2D eigenvalue weighted by molar-refractivity contribution is 9.10.